The first-order valence-electron chi connectivity index (χ1n) is 23.0. The second-order valence-electron chi connectivity index (χ2n) is 19.2. The summed E-state index contributed by atoms with van der Waals surface area (Å²) in [6.07, 6.45) is 22.0. The maximum atomic E-state index is 11.2. The van der Waals surface area contributed by atoms with Crippen LogP contribution in [0.2, 0.25) is 0 Å². The largest absolute Gasteiger partial charge is 0.484 e. The molecule has 3 N–H and O–H groups in total. The number of aryl methyl sites for hydroxylation is 6. The van der Waals surface area contributed by atoms with Gasteiger partial charge < -0.3 is 20.1 Å². The summed E-state index contributed by atoms with van der Waals surface area (Å²) in [4.78, 5) is 0. The van der Waals surface area contributed by atoms with E-state index in [1.165, 1.54) is 110 Å². The molecular weight excluding hydrogens is 677 g/mol. The number of benzene rings is 2. The van der Waals surface area contributed by atoms with Gasteiger partial charge in [0.2, 0.25) is 0 Å². The van der Waals surface area contributed by atoms with Crippen molar-refractivity contribution in [3.8, 4) is 5.75 Å². The summed E-state index contributed by atoms with van der Waals surface area (Å²) < 4.78 is 7.51. The Hall–Kier alpha value is -1.88. The van der Waals surface area contributed by atoms with E-state index < -0.39 is 11.5 Å². The van der Waals surface area contributed by atoms with Crippen LogP contribution >= 0.6 is 0 Å². The van der Waals surface area contributed by atoms with E-state index in [0.29, 0.717) is 23.7 Å². The van der Waals surface area contributed by atoms with Crippen LogP contribution in [0.3, 0.4) is 0 Å². The zero-order valence-electron chi connectivity index (χ0n) is 37.7. The predicted molar refractivity (Wildman–Crippen MR) is 237 cm³/mol. The van der Waals surface area contributed by atoms with Gasteiger partial charge in [0.1, 0.15) is 11.9 Å². The quantitative estimate of drug-likeness (QED) is 0.0669. The molecule has 0 saturated heterocycles. The summed E-state index contributed by atoms with van der Waals surface area (Å²) in [5.41, 5.74) is 7.32. The standard InChI is InChI=1S/C51H88O4/c1-38(2)23-15-11-19-27-44-31-42(9)32-45(28-20-12-16-24-39(3)4)48(44)50(51(35-52,36-53)37-54)55-49-46(29-21-13-17-25-40(5)6)33-43(10)34-47(49)30-22-14-18-26-41(7)8/h31-34,38-41,50,52-54H,11-30,35-37H2,1-10H3. The highest BCUT2D eigenvalue weighted by molar-refractivity contribution is 5.48. The van der Waals surface area contributed by atoms with E-state index in [4.69, 9.17) is 4.74 Å². The molecule has 2 aromatic rings. The average molecular weight is 765 g/mol. The fraction of sp³-hybridized carbons (Fsp3) is 0.765. The Kier molecular flexibility index (Phi) is 24.1. The lowest BCUT2D eigenvalue weighted by Crippen LogP contribution is -2.43. The van der Waals surface area contributed by atoms with Crippen LogP contribution in [-0.2, 0) is 25.7 Å². The van der Waals surface area contributed by atoms with Gasteiger partial charge in [0.15, 0.2) is 0 Å². The Morgan fingerprint density at radius 1 is 0.436 bits per heavy atom. The smallest absolute Gasteiger partial charge is 0.136 e. The van der Waals surface area contributed by atoms with Crippen LogP contribution in [-0.4, -0.2) is 35.1 Å². The highest BCUT2D eigenvalue weighted by Crippen LogP contribution is 2.44. The van der Waals surface area contributed by atoms with E-state index in [9.17, 15) is 15.3 Å². The first kappa shape index (κ1) is 49.3. The van der Waals surface area contributed by atoms with Crippen molar-refractivity contribution in [3.63, 3.8) is 0 Å². The summed E-state index contributed by atoms with van der Waals surface area (Å²) in [7, 11) is 0. The Labute approximate surface area is 340 Å². The zero-order valence-corrected chi connectivity index (χ0v) is 37.7. The van der Waals surface area contributed by atoms with Crippen molar-refractivity contribution < 1.29 is 20.1 Å². The molecular formula is C51H88O4. The summed E-state index contributed by atoms with van der Waals surface area (Å²) in [5.74, 6) is 3.77. The third-order valence-electron chi connectivity index (χ3n) is 11.8. The fourth-order valence-electron chi connectivity index (χ4n) is 8.34. The van der Waals surface area contributed by atoms with Crippen molar-refractivity contribution >= 4 is 0 Å². The van der Waals surface area contributed by atoms with Gasteiger partial charge in [-0.05, 0) is 117 Å². The number of hydrogen-bond acceptors (Lipinski definition) is 4. The van der Waals surface area contributed by atoms with Gasteiger partial charge in [0.05, 0.1) is 25.2 Å². The number of aliphatic hydroxyl groups excluding tert-OH is 3. The molecule has 4 nitrogen and oxygen atoms in total. The molecule has 0 spiro atoms. The first-order chi connectivity index (χ1) is 26.3. The second-order valence-corrected chi connectivity index (χ2v) is 19.2. The van der Waals surface area contributed by atoms with Gasteiger partial charge in [-0.2, -0.15) is 0 Å². The molecule has 1 unspecified atom stereocenters. The lowest BCUT2D eigenvalue weighted by Gasteiger charge is -2.40. The van der Waals surface area contributed by atoms with Crippen LogP contribution in [0.25, 0.3) is 0 Å². The minimum atomic E-state index is -1.25. The summed E-state index contributed by atoms with van der Waals surface area (Å²) >= 11 is 0. The monoisotopic (exact) mass is 765 g/mol. The summed E-state index contributed by atoms with van der Waals surface area (Å²) in [6, 6.07) is 9.29. The molecule has 0 aromatic heterocycles. The average Bonchev–Trinajstić information content (AvgIpc) is 3.12. The molecule has 0 bridgehead atoms. The van der Waals surface area contributed by atoms with Crippen LogP contribution in [0.4, 0.5) is 0 Å². The Morgan fingerprint density at radius 3 is 1.02 bits per heavy atom. The van der Waals surface area contributed by atoms with Crippen molar-refractivity contribution in [3.05, 3.63) is 63.2 Å². The summed E-state index contributed by atoms with van der Waals surface area (Å²) in [5, 5.41) is 33.6. The number of aliphatic hydroxyl groups is 3. The molecule has 0 amide bonds. The first-order valence-corrected chi connectivity index (χ1v) is 23.0. The van der Waals surface area contributed by atoms with Crippen LogP contribution in [0.1, 0.15) is 203 Å². The predicted octanol–water partition coefficient (Wildman–Crippen LogP) is 13.4. The maximum absolute atomic E-state index is 11.2. The fourth-order valence-corrected chi connectivity index (χ4v) is 8.34. The highest BCUT2D eigenvalue weighted by Gasteiger charge is 2.43. The molecule has 316 valence electrons. The topological polar surface area (TPSA) is 69.9 Å². The number of unbranched alkanes of at least 4 members (excludes halogenated alkanes) is 8. The minimum Gasteiger partial charge on any atom is -0.484 e. The minimum absolute atomic E-state index is 0.360. The van der Waals surface area contributed by atoms with Crippen LogP contribution in [0, 0.1) is 42.9 Å². The molecule has 0 fully saturated rings. The third-order valence-corrected chi connectivity index (χ3v) is 11.8. The van der Waals surface area contributed by atoms with Gasteiger partial charge >= 0.3 is 0 Å². The third kappa shape index (κ3) is 18.1. The Balaban J connectivity index is 2.75. The van der Waals surface area contributed by atoms with E-state index in [1.54, 1.807) is 0 Å². The lowest BCUT2D eigenvalue weighted by atomic mass is 9.75. The van der Waals surface area contributed by atoms with Crippen molar-refractivity contribution in [1.29, 1.82) is 0 Å². The highest BCUT2D eigenvalue weighted by atomic mass is 16.5. The van der Waals surface area contributed by atoms with E-state index in [1.807, 2.05) is 0 Å². The molecule has 1 atom stereocenters. The lowest BCUT2D eigenvalue weighted by molar-refractivity contribution is -0.0753. The van der Waals surface area contributed by atoms with Gasteiger partial charge in [-0.25, -0.2) is 0 Å². The van der Waals surface area contributed by atoms with Crippen LogP contribution < -0.4 is 4.74 Å². The van der Waals surface area contributed by atoms with Crippen molar-refractivity contribution in [2.75, 3.05) is 19.8 Å². The van der Waals surface area contributed by atoms with Gasteiger partial charge in [-0.15, -0.1) is 0 Å². The molecule has 55 heavy (non-hydrogen) atoms. The van der Waals surface area contributed by atoms with Crippen molar-refractivity contribution in [2.45, 2.75) is 204 Å². The van der Waals surface area contributed by atoms with E-state index in [0.717, 1.165) is 62.7 Å². The van der Waals surface area contributed by atoms with Crippen LogP contribution in [0.5, 0.6) is 5.75 Å². The number of rotatable bonds is 31. The van der Waals surface area contributed by atoms with Gasteiger partial charge in [-0.1, -0.05) is 168 Å². The molecule has 0 saturated carbocycles. The second kappa shape index (κ2) is 26.9. The van der Waals surface area contributed by atoms with Crippen molar-refractivity contribution in [2.24, 2.45) is 29.1 Å². The molecule has 0 radical (unpaired) electrons. The normalized spacial score (nSPS) is 12.9. The number of hydrogen-bond donors (Lipinski definition) is 3. The summed E-state index contributed by atoms with van der Waals surface area (Å²) in [6.45, 7) is 21.8. The van der Waals surface area contributed by atoms with Gasteiger partial charge in [0.25, 0.3) is 0 Å². The Morgan fingerprint density at radius 2 is 0.727 bits per heavy atom. The molecule has 2 aromatic carbocycles. The SMILES string of the molecule is Cc1cc(CCCCCC(C)C)c(OC(c2c(CCCCCC(C)C)cc(C)cc2CCCCCC(C)C)C(CO)(CO)CO)c(CCCCCC(C)C)c1. The molecule has 2 rings (SSSR count). The van der Waals surface area contributed by atoms with Gasteiger partial charge in [0, 0.05) is 0 Å². The molecule has 0 aliphatic carbocycles. The van der Waals surface area contributed by atoms with E-state index in [2.05, 4.69) is 93.5 Å². The zero-order chi connectivity index (χ0) is 40.8. The van der Waals surface area contributed by atoms with Crippen molar-refractivity contribution in [1.82, 2.24) is 0 Å². The molecule has 4 heteroatoms. The van der Waals surface area contributed by atoms with E-state index in [-0.39, 0.29) is 19.8 Å². The molecule has 0 aliphatic heterocycles. The molecule has 0 aliphatic rings. The van der Waals surface area contributed by atoms with Crippen LogP contribution in [0.15, 0.2) is 24.3 Å². The van der Waals surface area contributed by atoms with Gasteiger partial charge in [-0.3, -0.25) is 0 Å². The maximum Gasteiger partial charge on any atom is 0.136 e. The van der Waals surface area contributed by atoms with E-state index >= 15 is 0 Å². The Bertz CT molecular complexity index is 1220. The number of ether oxygens (including phenoxy) is 1. The molecule has 0 heterocycles.